The van der Waals surface area contributed by atoms with Crippen molar-refractivity contribution in [3.8, 4) is 0 Å². The molecule has 86 valence electrons. The third kappa shape index (κ3) is 1.34. The first-order valence-corrected chi connectivity index (χ1v) is 6.35. The van der Waals surface area contributed by atoms with Gasteiger partial charge >= 0.3 is 0 Å². The normalized spacial score (nSPS) is 14.1. The molecule has 17 heavy (non-hydrogen) atoms. The zero-order valence-electron chi connectivity index (χ0n) is 10.3. The number of hydrogen-bond donors (Lipinski definition) is 0. The average Bonchev–Trinajstić information content (AvgIpc) is 2.57. The van der Waals surface area contributed by atoms with Gasteiger partial charge in [0.1, 0.15) is 4.99 Å². The molecule has 1 aliphatic rings. The first-order chi connectivity index (χ1) is 8.11. The minimum atomic E-state index is 0.541. The summed E-state index contributed by atoms with van der Waals surface area (Å²) in [4.78, 5) is 3.04. The van der Waals surface area contributed by atoms with Crippen LogP contribution in [-0.4, -0.2) is 12.0 Å². The summed E-state index contributed by atoms with van der Waals surface area (Å²) in [5.74, 6) is 0.541. The van der Waals surface area contributed by atoms with Crippen molar-refractivity contribution < 1.29 is 0 Å². The van der Waals surface area contributed by atoms with Gasteiger partial charge in [-0.2, -0.15) is 0 Å². The SMILES string of the molecule is CC(C)c1ccc2c3c(cccc13)C(=S)N2C. The average molecular weight is 241 g/mol. The highest BCUT2D eigenvalue weighted by Gasteiger charge is 2.24. The molecule has 2 aromatic rings. The lowest BCUT2D eigenvalue weighted by Crippen LogP contribution is -2.19. The van der Waals surface area contributed by atoms with Gasteiger partial charge < -0.3 is 4.90 Å². The first kappa shape index (κ1) is 10.7. The summed E-state index contributed by atoms with van der Waals surface area (Å²) in [7, 11) is 2.05. The minimum absolute atomic E-state index is 0.541. The van der Waals surface area contributed by atoms with E-state index in [1.807, 2.05) is 7.05 Å². The van der Waals surface area contributed by atoms with Crippen molar-refractivity contribution in [2.24, 2.45) is 0 Å². The number of hydrogen-bond acceptors (Lipinski definition) is 1. The number of nitrogens with zero attached hydrogens (tertiary/aromatic N) is 1. The second-order valence-corrected chi connectivity index (χ2v) is 5.31. The van der Waals surface area contributed by atoms with Crippen molar-refractivity contribution in [1.29, 1.82) is 0 Å². The second kappa shape index (κ2) is 3.54. The monoisotopic (exact) mass is 241 g/mol. The van der Waals surface area contributed by atoms with Crippen molar-refractivity contribution in [2.75, 3.05) is 11.9 Å². The fraction of sp³-hybridized carbons (Fsp3) is 0.267. The summed E-state index contributed by atoms with van der Waals surface area (Å²) in [6, 6.07) is 10.9. The van der Waals surface area contributed by atoms with E-state index in [0.717, 1.165) is 4.99 Å². The summed E-state index contributed by atoms with van der Waals surface area (Å²) < 4.78 is 0. The molecule has 0 N–H and O–H groups in total. The Bertz CT molecular complexity index is 628. The predicted octanol–water partition coefficient (Wildman–Crippen LogP) is 4.09. The van der Waals surface area contributed by atoms with Crippen LogP contribution in [0.1, 0.15) is 30.9 Å². The number of rotatable bonds is 1. The lowest BCUT2D eigenvalue weighted by atomic mass is 9.94. The van der Waals surface area contributed by atoms with E-state index < -0.39 is 0 Å². The smallest absolute Gasteiger partial charge is 0.114 e. The maximum absolute atomic E-state index is 5.49. The van der Waals surface area contributed by atoms with Crippen LogP contribution in [0, 0.1) is 0 Å². The van der Waals surface area contributed by atoms with Crippen LogP contribution < -0.4 is 4.90 Å². The Morgan fingerprint density at radius 1 is 1.12 bits per heavy atom. The molecule has 0 spiro atoms. The molecule has 0 atom stereocenters. The second-order valence-electron chi connectivity index (χ2n) is 4.92. The van der Waals surface area contributed by atoms with Gasteiger partial charge in [0.2, 0.25) is 0 Å². The largest absolute Gasteiger partial charge is 0.335 e. The van der Waals surface area contributed by atoms with E-state index in [1.165, 1.54) is 27.6 Å². The van der Waals surface area contributed by atoms with Crippen molar-refractivity contribution in [2.45, 2.75) is 19.8 Å². The first-order valence-electron chi connectivity index (χ1n) is 5.95. The Labute approximate surface area is 107 Å². The Morgan fingerprint density at radius 2 is 1.88 bits per heavy atom. The van der Waals surface area contributed by atoms with Crippen molar-refractivity contribution in [1.82, 2.24) is 0 Å². The molecule has 0 amide bonds. The van der Waals surface area contributed by atoms with E-state index in [0.29, 0.717) is 5.92 Å². The van der Waals surface area contributed by atoms with E-state index in [4.69, 9.17) is 12.2 Å². The molecule has 0 unspecified atom stereocenters. The Morgan fingerprint density at radius 3 is 2.59 bits per heavy atom. The molecule has 3 rings (SSSR count). The van der Waals surface area contributed by atoms with Gasteiger partial charge in [-0.15, -0.1) is 0 Å². The molecule has 0 bridgehead atoms. The highest BCUT2D eigenvalue weighted by Crippen LogP contribution is 2.40. The van der Waals surface area contributed by atoms with E-state index in [9.17, 15) is 0 Å². The van der Waals surface area contributed by atoms with Gasteiger partial charge in [0.25, 0.3) is 0 Å². The lowest BCUT2D eigenvalue weighted by molar-refractivity contribution is 0.876. The fourth-order valence-corrected chi connectivity index (χ4v) is 2.93. The van der Waals surface area contributed by atoms with E-state index in [-0.39, 0.29) is 0 Å². The minimum Gasteiger partial charge on any atom is -0.335 e. The summed E-state index contributed by atoms with van der Waals surface area (Å²) in [5.41, 5.74) is 3.85. The molecule has 0 saturated heterocycles. The maximum atomic E-state index is 5.49. The molecule has 0 radical (unpaired) electrons. The molecule has 2 aromatic carbocycles. The zero-order chi connectivity index (χ0) is 12.2. The van der Waals surface area contributed by atoms with Crippen molar-refractivity contribution >= 4 is 33.7 Å². The number of thiocarbonyl (C=S) groups is 1. The van der Waals surface area contributed by atoms with Gasteiger partial charge in [0.15, 0.2) is 0 Å². The van der Waals surface area contributed by atoms with Crippen LogP contribution >= 0.6 is 12.2 Å². The molecule has 0 aromatic heterocycles. The van der Waals surface area contributed by atoms with Crippen LogP contribution in [0.4, 0.5) is 5.69 Å². The van der Waals surface area contributed by atoms with Crippen molar-refractivity contribution in [3.63, 3.8) is 0 Å². The van der Waals surface area contributed by atoms with Crippen LogP contribution in [0.15, 0.2) is 30.3 Å². The Balaban J connectivity index is 2.46. The topological polar surface area (TPSA) is 3.24 Å². The molecule has 0 saturated carbocycles. The molecule has 1 nitrogen and oxygen atoms in total. The molecular formula is C15H15NS. The van der Waals surface area contributed by atoms with Crippen molar-refractivity contribution in [3.05, 3.63) is 41.5 Å². The summed E-state index contributed by atoms with van der Waals surface area (Å²) in [6.45, 7) is 4.47. The molecule has 1 aliphatic heterocycles. The number of anilines is 1. The molecule has 0 fully saturated rings. The Hall–Kier alpha value is -1.41. The Kier molecular flexibility index (Phi) is 2.23. The van der Waals surface area contributed by atoms with E-state index in [2.05, 4.69) is 49.1 Å². The summed E-state index contributed by atoms with van der Waals surface area (Å²) in [6.07, 6.45) is 0. The highest BCUT2D eigenvalue weighted by atomic mass is 32.1. The van der Waals surface area contributed by atoms with Crippen LogP contribution in [0.2, 0.25) is 0 Å². The summed E-state index contributed by atoms with van der Waals surface area (Å²) >= 11 is 5.49. The van der Waals surface area contributed by atoms with Gasteiger partial charge in [0.05, 0.1) is 5.69 Å². The van der Waals surface area contributed by atoms with Gasteiger partial charge in [-0.1, -0.05) is 50.3 Å². The summed E-state index contributed by atoms with van der Waals surface area (Å²) in [5, 5.41) is 2.67. The fourth-order valence-electron chi connectivity index (χ4n) is 2.66. The van der Waals surface area contributed by atoms with E-state index in [1.54, 1.807) is 0 Å². The van der Waals surface area contributed by atoms with Gasteiger partial charge in [-0.25, -0.2) is 0 Å². The van der Waals surface area contributed by atoms with Crippen LogP contribution in [0.5, 0.6) is 0 Å². The maximum Gasteiger partial charge on any atom is 0.114 e. The number of benzene rings is 2. The van der Waals surface area contributed by atoms with Gasteiger partial charge in [-0.3, -0.25) is 0 Å². The molecule has 2 heteroatoms. The van der Waals surface area contributed by atoms with Crippen LogP contribution in [0.3, 0.4) is 0 Å². The molecule has 1 heterocycles. The predicted molar refractivity (Wildman–Crippen MR) is 78.1 cm³/mol. The highest BCUT2D eigenvalue weighted by molar-refractivity contribution is 7.81. The third-order valence-electron chi connectivity index (χ3n) is 3.57. The van der Waals surface area contributed by atoms with E-state index >= 15 is 0 Å². The van der Waals surface area contributed by atoms with Gasteiger partial charge in [0, 0.05) is 18.0 Å². The zero-order valence-corrected chi connectivity index (χ0v) is 11.1. The standard InChI is InChI=1S/C15H15NS/c1-9(2)10-7-8-13-14-11(10)5-4-6-12(14)15(17)16(13)3/h4-9H,1-3H3. The quantitative estimate of drug-likeness (QED) is 0.692. The molecule has 0 aliphatic carbocycles. The van der Waals surface area contributed by atoms with Crippen LogP contribution in [-0.2, 0) is 0 Å². The molecular weight excluding hydrogens is 226 g/mol. The van der Waals surface area contributed by atoms with Crippen LogP contribution in [0.25, 0.3) is 10.8 Å². The van der Waals surface area contributed by atoms with Gasteiger partial charge in [-0.05, 0) is 22.9 Å². The third-order valence-corrected chi connectivity index (χ3v) is 4.06. The lowest BCUT2D eigenvalue weighted by Gasteiger charge is -2.14.